The van der Waals surface area contributed by atoms with Gasteiger partial charge in [-0.25, -0.2) is 4.39 Å². The van der Waals surface area contributed by atoms with Crippen LogP contribution in [0.4, 0.5) is 10.1 Å². The van der Waals surface area contributed by atoms with Crippen LogP contribution in [0.3, 0.4) is 0 Å². The highest BCUT2D eigenvalue weighted by atomic mass is 35.5. The average molecular weight is 307 g/mol. The van der Waals surface area contributed by atoms with Crippen molar-refractivity contribution in [1.29, 1.82) is 0 Å². The van der Waals surface area contributed by atoms with E-state index in [0.29, 0.717) is 5.69 Å². The summed E-state index contributed by atoms with van der Waals surface area (Å²) in [5.41, 5.74) is 0.0185. The van der Waals surface area contributed by atoms with Gasteiger partial charge in [-0.3, -0.25) is 4.79 Å². The fourth-order valence-corrected chi connectivity index (χ4v) is 2.01. The summed E-state index contributed by atoms with van der Waals surface area (Å²) in [5, 5.41) is 5.99. The van der Waals surface area contributed by atoms with E-state index in [0.717, 1.165) is 12.1 Å². The molecule has 0 heterocycles. The zero-order valence-electron chi connectivity index (χ0n) is 11.3. The van der Waals surface area contributed by atoms with Crippen molar-refractivity contribution in [2.24, 2.45) is 0 Å². The van der Waals surface area contributed by atoms with E-state index in [1.54, 1.807) is 6.92 Å². The van der Waals surface area contributed by atoms with E-state index in [9.17, 15) is 9.18 Å². The van der Waals surface area contributed by atoms with Crippen molar-refractivity contribution in [2.75, 3.05) is 5.32 Å². The lowest BCUT2D eigenvalue weighted by atomic mass is 10.1. The second-order valence-electron chi connectivity index (χ2n) is 5.35. The van der Waals surface area contributed by atoms with Gasteiger partial charge in [0.2, 0.25) is 5.91 Å². The minimum atomic E-state index is -0.542. The molecule has 19 heavy (non-hydrogen) atoms. The number of nitrogens with one attached hydrogen (secondary N) is 2. The van der Waals surface area contributed by atoms with Gasteiger partial charge < -0.3 is 10.6 Å². The van der Waals surface area contributed by atoms with E-state index in [2.05, 4.69) is 10.6 Å². The van der Waals surface area contributed by atoms with Crippen molar-refractivity contribution in [3.63, 3.8) is 0 Å². The predicted molar refractivity (Wildman–Crippen MR) is 77.4 cm³/mol. The molecular formula is C13H17Cl2FN2O. The number of hydrogen-bond donors (Lipinski definition) is 2. The quantitative estimate of drug-likeness (QED) is 0.890. The molecule has 0 fully saturated rings. The van der Waals surface area contributed by atoms with Crippen LogP contribution in [-0.2, 0) is 4.79 Å². The fraction of sp³-hybridized carbons (Fsp3) is 0.462. The highest BCUT2D eigenvalue weighted by Crippen LogP contribution is 2.31. The Morgan fingerprint density at radius 2 is 1.74 bits per heavy atom. The van der Waals surface area contributed by atoms with Gasteiger partial charge in [0, 0.05) is 5.54 Å². The van der Waals surface area contributed by atoms with Gasteiger partial charge in [-0.1, -0.05) is 23.2 Å². The summed E-state index contributed by atoms with van der Waals surface area (Å²) in [4.78, 5) is 11.9. The summed E-state index contributed by atoms with van der Waals surface area (Å²) < 4.78 is 13.1. The van der Waals surface area contributed by atoms with Gasteiger partial charge >= 0.3 is 0 Å². The number of rotatable bonds is 3. The molecule has 6 heteroatoms. The first-order valence-corrected chi connectivity index (χ1v) is 6.59. The maximum Gasteiger partial charge on any atom is 0.242 e. The normalized spacial score (nSPS) is 13.0. The molecule has 0 aliphatic carbocycles. The third kappa shape index (κ3) is 4.88. The standard InChI is InChI=1S/C13H17Cl2FN2O/c1-7(12(19)18-13(2,3)4)17-11-9(14)5-8(16)6-10(11)15/h5-7,17H,1-4H3,(H,18,19). The SMILES string of the molecule is CC(Nc1c(Cl)cc(F)cc1Cl)C(=O)NC(C)(C)C. The van der Waals surface area contributed by atoms with Crippen LogP contribution in [0, 0.1) is 5.82 Å². The maximum absolute atomic E-state index is 13.1. The number of amides is 1. The third-order valence-corrected chi connectivity index (χ3v) is 2.86. The molecule has 0 spiro atoms. The Morgan fingerprint density at radius 3 is 2.16 bits per heavy atom. The van der Waals surface area contributed by atoms with Crippen molar-refractivity contribution in [1.82, 2.24) is 5.32 Å². The average Bonchev–Trinajstić information content (AvgIpc) is 2.20. The van der Waals surface area contributed by atoms with Crippen LogP contribution in [0.5, 0.6) is 0 Å². The molecule has 0 aliphatic rings. The minimum absolute atomic E-state index is 0.139. The number of hydrogen-bond acceptors (Lipinski definition) is 2. The van der Waals surface area contributed by atoms with Crippen LogP contribution in [0.15, 0.2) is 12.1 Å². The van der Waals surface area contributed by atoms with Crippen LogP contribution in [0.1, 0.15) is 27.7 Å². The molecule has 0 aliphatic heterocycles. The molecule has 106 valence electrons. The van der Waals surface area contributed by atoms with Gasteiger partial charge in [-0.2, -0.15) is 0 Å². The Balaban J connectivity index is 2.83. The Hall–Kier alpha value is -1.00. The topological polar surface area (TPSA) is 41.1 Å². The van der Waals surface area contributed by atoms with Crippen molar-refractivity contribution in [3.05, 3.63) is 28.0 Å². The first-order valence-electron chi connectivity index (χ1n) is 5.83. The molecule has 1 atom stereocenters. The van der Waals surface area contributed by atoms with E-state index < -0.39 is 11.9 Å². The molecule has 1 aromatic carbocycles. The van der Waals surface area contributed by atoms with Gasteiger partial charge in [-0.05, 0) is 39.8 Å². The van der Waals surface area contributed by atoms with Gasteiger partial charge in [0.15, 0.2) is 0 Å². The molecule has 1 rings (SSSR count). The van der Waals surface area contributed by atoms with Crippen molar-refractivity contribution in [3.8, 4) is 0 Å². The van der Waals surface area contributed by atoms with Crippen LogP contribution in [0.25, 0.3) is 0 Å². The monoisotopic (exact) mass is 306 g/mol. The summed E-state index contributed by atoms with van der Waals surface area (Å²) in [5.74, 6) is -0.712. The lowest BCUT2D eigenvalue weighted by Crippen LogP contribution is -2.47. The van der Waals surface area contributed by atoms with E-state index >= 15 is 0 Å². The van der Waals surface area contributed by atoms with Crippen LogP contribution in [-0.4, -0.2) is 17.5 Å². The lowest BCUT2D eigenvalue weighted by Gasteiger charge is -2.24. The van der Waals surface area contributed by atoms with Crippen LogP contribution in [0.2, 0.25) is 10.0 Å². The first-order chi connectivity index (χ1) is 8.60. The van der Waals surface area contributed by atoms with Gasteiger partial charge in [0.25, 0.3) is 0 Å². The van der Waals surface area contributed by atoms with E-state index in [-0.39, 0.29) is 21.5 Å². The summed E-state index contributed by atoms with van der Waals surface area (Å²) in [6.45, 7) is 7.33. The molecule has 3 nitrogen and oxygen atoms in total. The molecule has 1 unspecified atom stereocenters. The third-order valence-electron chi connectivity index (χ3n) is 2.26. The largest absolute Gasteiger partial charge is 0.371 e. The summed E-state index contributed by atoms with van der Waals surface area (Å²) in [6, 6.07) is 1.74. The molecule has 0 saturated heterocycles. The van der Waals surface area contributed by atoms with Crippen molar-refractivity contribution >= 4 is 34.8 Å². The molecule has 2 N–H and O–H groups in total. The molecule has 0 radical (unpaired) electrons. The Kier molecular flexibility index (Phi) is 5.04. The molecule has 0 aromatic heterocycles. The maximum atomic E-state index is 13.1. The van der Waals surface area contributed by atoms with Crippen molar-refractivity contribution < 1.29 is 9.18 Å². The van der Waals surface area contributed by atoms with Gasteiger partial charge in [0.05, 0.1) is 15.7 Å². The highest BCUT2D eigenvalue weighted by molar-refractivity contribution is 6.39. The first kappa shape index (κ1) is 16.1. The smallest absolute Gasteiger partial charge is 0.242 e. The van der Waals surface area contributed by atoms with Crippen LogP contribution >= 0.6 is 23.2 Å². The number of halogens is 3. The Bertz CT molecular complexity index is 463. The van der Waals surface area contributed by atoms with Gasteiger partial charge in [-0.15, -0.1) is 0 Å². The van der Waals surface area contributed by atoms with Crippen molar-refractivity contribution in [2.45, 2.75) is 39.3 Å². The lowest BCUT2D eigenvalue weighted by molar-refractivity contribution is -0.122. The zero-order chi connectivity index (χ0) is 14.8. The Morgan fingerprint density at radius 1 is 1.26 bits per heavy atom. The molecular weight excluding hydrogens is 290 g/mol. The van der Waals surface area contributed by atoms with E-state index in [4.69, 9.17) is 23.2 Å². The second kappa shape index (κ2) is 5.97. The summed E-state index contributed by atoms with van der Waals surface area (Å²) >= 11 is 11.8. The number of carbonyl (C=O) groups excluding carboxylic acids is 1. The summed E-state index contributed by atoms with van der Waals surface area (Å²) in [6.07, 6.45) is 0. The molecule has 0 saturated carbocycles. The zero-order valence-corrected chi connectivity index (χ0v) is 12.8. The highest BCUT2D eigenvalue weighted by Gasteiger charge is 2.20. The van der Waals surface area contributed by atoms with Gasteiger partial charge in [0.1, 0.15) is 11.9 Å². The second-order valence-corrected chi connectivity index (χ2v) is 6.16. The molecule has 1 aromatic rings. The fourth-order valence-electron chi connectivity index (χ4n) is 1.44. The minimum Gasteiger partial charge on any atom is -0.371 e. The molecule has 1 amide bonds. The molecule has 0 bridgehead atoms. The van der Waals surface area contributed by atoms with E-state index in [1.165, 1.54) is 0 Å². The predicted octanol–water partition coefficient (Wildman–Crippen LogP) is 3.85. The van der Waals surface area contributed by atoms with Crippen LogP contribution < -0.4 is 10.6 Å². The van der Waals surface area contributed by atoms with E-state index in [1.807, 2.05) is 20.8 Å². The summed E-state index contributed by atoms with van der Waals surface area (Å²) in [7, 11) is 0. The Labute approximate surface area is 122 Å². The number of carbonyl (C=O) groups is 1. The number of anilines is 1. The number of benzene rings is 1.